The van der Waals surface area contributed by atoms with E-state index in [1.807, 2.05) is 11.4 Å². The number of hydrogen-bond donors (Lipinski definition) is 1. The summed E-state index contributed by atoms with van der Waals surface area (Å²) in [5, 5.41) is 12.9. The zero-order chi connectivity index (χ0) is 10.5. The third-order valence-electron chi connectivity index (χ3n) is 2.62. The number of hydrogen-bond acceptors (Lipinski definition) is 4. The molecule has 1 fully saturated rings. The molecule has 80 valence electrons. The Hall–Kier alpha value is -0.890. The average molecular weight is 221 g/mol. The largest absolute Gasteiger partial charge is 0.250 e. The number of hydrazine groups is 1. The zero-order valence-corrected chi connectivity index (χ0v) is 9.52. The van der Waals surface area contributed by atoms with E-state index < -0.39 is 0 Å². The molecule has 1 aliphatic heterocycles. The Kier molecular flexibility index (Phi) is 3.73. The number of piperidine rings is 1. The minimum absolute atomic E-state index is 0.774. The standard InChI is InChI=1S/C11H15N3S/c12-7-10-6-11(15-9-10)8-13-14-4-2-1-3-5-14/h6,9,13H,1-5,8H2. The molecule has 0 radical (unpaired) electrons. The lowest BCUT2D eigenvalue weighted by Crippen LogP contribution is -2.40. The highest BCUT2D eigenvalue weighted by Gasteiger charge is 2.09. The van der Waals surface area contributed by atoms with Gasteiger partial charge in [-0.15, -0.1) is 11.3 Å². The number of nitriles is 1. The Morgan fingerprint density at radius 1 is 1.40 bits per heavy atom. The fourth-order valence-electron chi connectivity index (χ4n) is 1.77. The van der Waals surface area contributed by atoms with Crippen molar-refractivity contribution >= 4 is 11.3 Å². The minimum atomic E-state index is 0.774. The van der Waals surface area contributed by atoms with Crippen molar-refractivity contribution in [1.29, 1.82) is 5.26 Å². The second-order valence-electron chi connectivity index (χ2n) is 3.80. The van der Waals surface area contributed by atoms with Crippen LogP contribution in [0.15, 0.2) is 11.4 Å². The first kappa shape index (κ1) is 10.6. The van der Waals surface area contributed by atoms with Crippen LogP contribution in [0.2, 0.25) is 0 Å². The van der Waals surface area contributed by atoms with Crippen molar-refractivity contribution in [3.63, 3.8) is 0 Å². The van der Waals surface area contributed by atoms with Gasteiger partial charge in [-0.05, 0) is 18.9 Å². The second kappa shape index (κ2) is 5.26. The summed E-state index contributed by atoms with van der Waals surface area (Å²) in [7, 11) is 0. The summed E-state index contributed by atoms with van der Waals surface area (Å²) in [4.78, 5) is 1.23. The molecule has 0 saturated carbocycles. The first-order chi connectivity index (χ1) is 7.38. The van der Waals surface area contributed by atoms with E-state index >= 15 is 0 Å². The van der Waals surface area contributed by atoms with Gasteiger partial charge in [-0.3, -0.25) is 0 Å². The monoisotopic (exact) mass is 221 g/mol. The van der Waals surface area contributed by atoms with E-state index in [1.165, 1.54) is 24.1 Å². The molecule has 1 saturated heterocycles. The SMILES string of the molecule is N#Cc1csc(CNN2CCCCC2)c1. The summed E-state index contributed by atoms with van der Waals surface area (Å²) in [5.41, 5.74) is 4.18. The van der Waals surface area contributed by atoms with Crippen LogP contribution < -0.4 is 5.43 Å². The van der Waals surface area contributed by atoms with Gasteiger partial charge in [0.25, 0.3) is 0 Å². The highest BCUT2D eigenvalue weighted by molar-refractivity contribution is 7.10. The number of nitrogens with zero attached hydrogens (tertiary/aromatic N) is 2. The van der Waals surface area contributed by atoms with E-state index in [2.05, 4.69) is 16.5 Å². The van der Waals surface area contributed by atoms with Gasteiger partial charge in [0, 0.05) is 29.9 Å². The summed E-state index contributed by atoms with van der Waals surface area (Å²) in [6.45, 7) is 3.15. The molecule has 15 heavy (non-hydrogen) atoms. The maximum Gasteiger partial charge on any atom is 0.100 e. The molecule has 0 atom stereocenters. The topological polar surface area (TPSA) is 39.1 Å². The van der Waals surface area contributed by atoms with Crippen LogP contribution in [0.25, 0.3) is 0 Å². The van der Waals surface area contributed by atoms with Crippen LogP contribution in [0.3, 0.4) is 0 Å². The third-order valence-corrected chi connectivity index (χ3v) is 3.55. The van der Waals surface area contributed by atoms with Crippen molar-refractivity contribution in [3.8, 4) is 6.07 Å². The van der Waals surface area contributed by atoms with Gasteiger partial charge >= 0.3 is 0 Å². The lowest BCUT2D eigenvalue weighted by Gasteiger charge is -2.26. The molecule has 0 unspecified atom stereocenters. The highest BCUT2D eigenvalue weighted by Crippen LogP contribution is 2.14. The van der Waals surface area contributed by atoms with Gasteiger partial charge in [-0.2, -0.15) is 5.26 Å². The minimum Gasteiger partial charge on any atom is -0.250 e. The fourth-order valence-corrected chi connectivity index (χ4v) is 2.52. The van der Waals surface area contributed by atoms with Crippen molar-refractivity contribution in [3.05, 3.63) is 21.9 Å². The van der Waals surface area contributed by atoms with Crippen LogP contribution >= 0.6 is 11.3 Å². The number of nitrogens with one attached hydrogen (secondary N) is 1. The summed E-state index contributed by atoms with van der Waals surface area (Å²) < 4.78 is 0. The molecule has 1 aromatic rings. The van der Waals surface area contributed by atoms with Gasteiger partial charge < -0.3 is 0 Å². The predicted octanol–water partition coefficient (Wildman–Crippen LogP) is 2.11. The van der Waals surface area contributed by atoms with E-state index in [0.717, 1.165) is 25.2 Å². The predicted molar refractivity (Wildman–Crippen MR) is 61.3 cm³/mol. The maximum atomic E-state index is 8.69. The number of thiophene rings is 1. The molecule has 0 amide bonds. The normalized spacial score (nSPS) is 17.5. The molecule has 2 heterocycles. The average Bonchev–Trinajstić information content (AvgIpc) is 2.76. The lowest BCUT2D eigenvalue weighted by atomic mass is 10.2. The van der Waals surface area contributed by atoms with Gasteiger partial charge in [0.1, 0.15) is 6.07 Å². The van der Waals surface area contributed by atoms with Crippen LogP contribution in [0, 0.1) is 11.3 Å². The molecule has 0 aliphatic carbocycles. The van der Waals surface area contributed by atoms with E-state index in [4.69, 9.17) is 5.26 Å². The molecule has 1 N–H and O–H groups in total. The summed E-state index contributed by atoms with van der Waals surface area (Å²) in [5.74, 6) is 0. The molecule has 1 aliphatic rings. The van der Waals surface area contributed by atoms with Crippen molar-refractivity contribution < 1.29 is 0 Å². The number of rotatable bonds is 3. The van der Waals surface area contributed by atoms with Crippen LogP contribution in [0.4, 0.5) is 0 Å². The van der Waals surface area contributed by atoms with E-state index in [-0.39, 0.29) is 0 Å². The Labute approximate surface area is 94.3 Å². The van der Waals surface area contributed by atoms with Gasteiger partial charge in [0.15, 0.2) is 0 Å². The van der Waals surface area contributed by atoms with Crippen LogP contribution in [0.1, 0.15) is 29.7 Å². The molecule has 4 heteroatoms. The first-order valence-corrected chi connectivity index (χ1v) is 6.22. The summed E-state index contributed by atoms with van der Waals surface area (Å²) in [6, 6.07) is 4.11. The van der Waals surface area contributed by atoms with Gasteiger partial charge in [-0.25, -0.2) is 10.4 Å². The van der Waals surface area contributed by atoms with Crippen LogP contribution in [-0.4, -0.2) is 18.1 Å². The fraction of sp³-hybridized carbons (Fsp3) is 0.545. The molecular weight excluding hydrogens is 206 g/mol. The Morgan fingerprint density at radius 3 is 2.87 bits per heavy atom. The van der Waals surface area contributed by atoms with Crippen LogP contribution in [0.5, 0.6) is 0 Å². The molecule has 0 spiro atoms. The zero-order valence-electron chi connectivity index (χ0n) is 8.70. The Bertz CT molecular complexity index is 347. The summed E-state index contributed by atoms with van der Waals surface area (Å²) in [6.07, 6.45) is 3.94. The van der Waals surface area contributed by atoms with Crippen molar-refractivity contribution in [2.45, 2.75) is 25.8 Å². The van der Waals surface area contributed by atoms with E-state index in [1.54, 1.807) is 11.3 Å². The first-order valence-electron chi connectivity index (χ1n) is 5.34. The van der Waals surface area contributed by atoms with Gasteiger partial charge in [0.05, 0.1) is 5.56 Å². The van der Waals surface area contributed by atoms with E-state index in [9.17, 15) is 0 Å². The maximum absolute atomic E-state index is 8.69. The van der Waals surface area contributed by atoms with Gasteiger partial charge in [0.2, 0.25) is 0 Å². The highest BCUT2D eigenvalue weighted by atomic mass is 32.1. The third kappa shape index (κ3) is 3.03. The Morgan fingerprint density at radius 2 is 2.20 bits per heavy atom. The second-order valence-corrected chi connectivity index (χ2v) is 4.79. The molecular formula is C11H15N3S. The Balaban J connectivity index is 1.79. The lowest BCUT2D eigenvalue weighted by molar-refractivity contribution is 0.152. The van der Waals surface area contributed by atoms with Crippen LogP contribution in [-0.2, 0) is 6.54 Å². The molecule has 1 aromatic heterocycles. The van der Waals surface area contributed by atoms with E-state index in [0.29, 0.717) is 0 Å². The molecule has 2 rings (SSSR count). The quantitative estimate of drug-likeness (QED) is 0.849. The molecule has 0 bridgehead atoms. The van der Waals surface area contributed by atoms with Crippen molar-refractivity contribution in [1.82, 2.24) is 10.4 Å². The summed E-state index contributed by atoms with van der Waals surface area (Å²) >= 11 is 1.65. The smallest absolute Gasteiger partial charge is 0.100 e. The molecule has 0 aromatic carbocycles. The van der Waals surface area contributed by atoms with Crippen molar-refractivity contribution in [2.24, 2.45) is 0 Å². The van der Waals surface area contributed by atoms with Crippen molar-refractivity contribution in [2.75, 3.05) is 13.1 Å². The van der Waals surface area contributed by atoms with Gasteiger partial charge in [-0.1, -0.05) is 6.42 Å². The molecule has 3 nitrogen and oxygen atoms in total.